The van der Waals surface area contributed by atoms with Gasteiger partial charge >= 0.3 is 0 Å². The monoisotopic (exact) mass is 426 g/mol. The van der Waals surface area contributed by atoms with Crippen LogP contribution in [0.4, 0.5) is 4.39 Å². The molecule has 0 aliphatic carbocycles. The molecule has 2 aromatic carbocycles. The molecular weight excluding hydrogens is 403 g/mol. The molecule has 30 heavy (non-hydrogen) atoms. The van der Waals surface area contributed by atoms with E-state index in [1.807, 2.05) is 36.1 Å². The summed E-state index contributed by atoms with van der Waals surface area (Å²) in [6.45, 7) is 5.56. The highest BCUT2D eigenvalue weighted by molar-refractivity contribution is 6.00. The quantitative estimate of drug-likeness (QED) is 0.694. The molecule has 1 aromatic heterocycles. The zero-order valence-corrected chi connectivity index (χ0v) is 17.5. The topological polar surface area (TPSA) is 50.2 Å². The van der Waals surface area contributed by atoms with E-state index in [-0.39, 0.29) is 24.1 Å². The van der Waals surface area contributed by atoms with Gasteiger partial charge < -0.3 is 10.2 Å². The molecule has 0 bridgehead atoms. The highest BCUT2D eigenvalue weighted by Crippen LogP contribution is 2.30. The van der Waals surface area contributed by atoms with Gasteiger partial charge in [0.1, 0.15) is 11.5 Å². The van der Waals surface area contributed by atoms with E-state index in [0.29, 0.717) is 23.1 Å². The predicted molar refractivity (Wildman–Crippen MR) is 117 cm³/mol. The zero-order valence-electron chi connectivity index (χ0n) is 16.7. The van der Waals surface area contributed by atoms with Gasteiger partial charge in [0.05, 0.1) is 11.3 Å². The lowest BCUT2D eigenvalue weighted by molar-refractivity contribution is 0.0782. The molecule has 2 saturated heterocycles. The summed E-state index contributed by atoms with van der Waals surface area (Å²) in [4.78, 5) is 15.4. The third kappa shape index (κ3) is 3.73. The van der Waals surface area contributed by atoms with Gasteiger partial charge in [-0.1, -0.05) is 29.8 Å². The van der Waals surface area contributed by atoms with Crippen LogP contribution in [0.25, 0.3) is 16.9 Å². The highest BCUT2D eigenvalue weighted by Gasteiger charge is 2.39. The number of carbonyl (C=O) groups is 1. The second-order valence-electron chi connectivity index (χ2n) is 8.07. The van der Waals surface area contributed by atoms with Crippen LogP contribution in [-0.2, 0) is 0 Å². The Labute approximate surface area is 181 Å². The zero-order chi connectivity index (χ0) is 20.0. The Kier molecular flexibility index (Phi) is 5.62. The van der Waals surface area contributed by atoms with Crippen molar-refractivity contribution < 1.29 is 9.18 Å². The molecule has 2 atom stereocenters. The highest BCUT2D eigenvalue weighted by atomic mass is 35.5. The molecule has 1 amide bonds. The van der Waals surface area contributed by atoms with Gasteiger partial charge in [-0.2, -0.15) is 5.10 Å². The third-order valence-corrected chi connectivity index (χ3v) is 6.04. The van der Waals surface area contributed by atoms with E-state index in [0.717, 1.165) is 43.0 Å². The van der Waals surface area contributed by atoms with Crippen molar-refractivity contribution in [3.8, 4) is 16.9 Å². The molecule has 1 N–H and O–H groups in total. The lowest BCUT2D eigenvalue weighted by Gasteiger charge is -2.17. The standard InChI is InChI=1S/C23H23FN4O.ClH/c1-15-2-4-16(5-3-15)22-21(14-28(26-22)20-8-6-19(24)7-9-20)23(29)27-12-17-10-25-11-18(17)13-27;/h2-9,14,17-18,25H,10-13H2,1H3;1H/t17-,18+;. The van der Waals surface area contributed by atoms with Gasteiger partial charge in [-0.15, -0.1) is 12.4 Å². The molecule has 2 aliphatic heterocycles. The summed E-state index contributed by atoms with van der Waals surface area (Å²) in [5.74, 6) is 0.791. The van der Waals surface area contributed by atoms with Gasteiger partial charge in [0.15, 0.2) is 0 Å². The van der Waals surface area contributed by atoms with E-state index in [9.17, 15) is 9.18 Å². The number of hydrogen-bond acceptors (Lipinski definition) is 3. The minimum atomic E-state index is -0.298. The van der Waals surface area contributed by atoms with Crippen LogP contribution in [0.1, 0.15) is 15.9 Å². The van der Waals surface area contributed by atoms with Gasteiger partial charge in [-0.05, 0) is 43.0 Å². The van der Waals surface area contributed by atoms with Crippen molar-refractivity contribution in [2.45, 2.75) is 6.92 Å². The molecule has 2 fully saturated rings. The Bertz CT molecular complexity index is 1040. The smallest absolute Gasteiger partial charge is 0.257 e. The fraction of sp³-hybridized carbons (Fsp3) is 0.304. The maximum atomic E-state index is 13.4. The van der Waals surface area contributed by atoms with Crippen molar-refractivity contribution in [2.24, 2.45) is 11.8 Å². The molecule has 3 aromatic rings. The van der Waals surface area contributed by atoms with E-state index < -0.39 is 0 Å². The third-order valence-electron chi connectivity index (χ3n) is 6.04. The van der Waals surface area contributed by atoms with E-state index in [1.54, 1.807) is 23.0 Å². The molecule has 7 heteroatoms. The largest absolute Gasteiger partial charge is 0.338 e. The van der Waals surface area contributed by atoms with Crippen LogP contribution in [0.3, 0.4) is 0 Å². The summed E-state index contributed by atoms with van der Waals surface area (Å²) in [6.07, 6.45) is 1.77. The lowest BCUT2D eigenvalue weighted by Crippen LogP contribution is -2.32. The van der Waals surface area contributed by atoms with Crippen molar-refractivity contribution in [3.63, 3.8) is 0 Å². The van der Waals surface area contributed by atoms with Gasteiger partial charge in [0.25, 0.3) is 5.91 Å². The number of benzene rings is 2. The van der Waals surface area contributed by atoms with Gasteiger partial charge in [0, 0.05) is 37.9 Å². The van der Waals surface area contributed by atoms with E-state index in [4.69, 9.17) is 5.10 Å². The SMILES string of the molecule is Cc1ccc(-c2nn(-c3ccc(F)cc3)cc2C(=O)N2C[C@H]3CNC[C@H]3C2)cc1.Cl. The molecule has 2 aliphatic rings. The Balaban J connectivity index is 0.00000218. The summed E-state index contributed by atoms with van der Waals surface area (Å²) >= 11 is 0. The van der Waals surface area contributed by atoms with Crippen LogP contribution in [0.2, 0.25) is 0 Å². The number of aryl methyl sites for hydroxylation is 1. The minimum absolute atomic E-state index is 0. The molecule has 0 spiro atoms. The summed E-state index contributed by atoms with van der Waals surface area (Å²) in [6, 6.07) is 14.2. The number of nitrogens with zero attached hydrogens (tertiary/aromatic N) is 3. The first-order valence-corrected chi connectivity index (χ1v) is 10.0. The van der Waals surface area contributed by atoms with Crippen LogP contribution in [0, 0.1) is 24.6 Å². The fourth-order valence-corrected chi connectivity index (χ4v) is 4.37. The number of amides is 1. The number of carbonyl (C=O) groups excluding carboxylic acids is 1. The first-order chi connectivity index (χ1) is 14.1. The molecule has 156 valence electrons. The fourth-order valence-electron chi connectivity index (χ4n) is 4.37. The van der Waals surface area contributed by atoms with Crippen molar-refractivity contribution in [1.82, 2.24) is 20.0 Å². The number of fused-ring (bicyclic) bond motifs is 1. The maximum absolute atomic E-state index is 13.4. The van der Waals surface area contributed by atoms with Crippen LogP contribution >= 0.6 is 12.4 Å². The normalized spacial score (nSPS) is 20.1. The van der Waals surface area contributed by atoms with Gasteiger partial charge in [-0.3, -0.25) is 4.79 Å². The maximum Gasteiger partial charge on any atom is 0.257 e. The summed E-state index contributed by atoms with van der Waals surface area (Å²) in [5, 5.41) is 8.12. The van der Waals surface area contributed by atoms with Crippen molar-refractivity contribution >= 4 is 18.3 Å². The van der Waals surface area contributed by atoms with E-state index in [1.165, 1.54) is 12.1 Å². The molecule has 0 saturated carbocycles. The molecule has 5 rings (SSSR count). The Morgan fingerprint density at radius 1 is 1.03 bits per heavy atom. The summed E-state index contributed by atoms with van der Waals surface area (Å²) in [5.41, 5.74) is 4.03. The molecule has 0 unspecified atom stereocenters. The average molecular weight is 427 g/mol. The van der Waals surface area contributed by atoms with Crippen LogP contribution in [0.5, 0.6) is 0 Å². The van der Waals surface area contributed by atoms with Gasteiger partial charge in [0.2, 0.25) is 0 Å². The Morgan fingerprint density at radius 3 is 2.30 bits per heavy atom. The first kappa shape index (κ1) is 20.6. The second kappa shape index (κ2) is 8.20. The van der Waals surface area contributed by atoms with Crippen molar-refractivity contribution in [3.05, 3.63) is 71.7 Å². The molecular formula is C23H24ClFN4O. The van der Waals surface area contributed by atoms with Crippen molar-refractivity contribution in [1.29, 1.82) is 0 Å². The lowest BCUT2D eigenvalue weighted by atomic mass is 10.0. The van der Waals surface area contributed by atoms with Crippen LogP contribution in [0.15, 0.2) is 54.7 Å². The molecule has 5 nitrogen and oxygen atoms in total. The van der Waals surface area contributed by atoms with E-state index in [2.05, 4.69) is 5.32 Å². The molecule has 0 radical (unpaired) electrons. The number of nitrogens with one attached hydrogen (secondary N) is 1. The van der Waals surface area contributed by atoms with E-state index >= 15 is 0 Å². The summed E-state index contributed by atoms with van der Waals surface area (Å²) < 4.78 is 15.0. The van der Waals surface area contributed by atoms with Gasteiger partial charge in [-0.25, -0.2) is 9.07 Å². The number of halogens is 2. The first-order valence-electron chi connectivity index (χ1n) is 10.0. The average Bonchev–Trinajstić information content (AvgIpc) is 3.43. The van der Waals surface area contributed by atoms with Crippen molar-refractivity contribution in [2.75, 3.05) is 26.2 Å². The Morgan fingerprint density at radius 2 is 1.67 bits per heavy atom. The predicted octanol–water partition coefficient (Wildman–Crippen LogP) is 3.70. The van der Waals surface area contributed by atoms with Crippen LogP contribution < -0.4 is 5.32 Å². The number of hydrogen-bond donors (Lipinski definition) is 1. The minimum Gasteiger partial charge on any atom is -0.338 e. The summed E-state index contributed by atoms with van der Waals surface area (Å²) in [7, 11) is 0. The second-order valence-corrected chi connectivity index (χ2v) is 8.07. The molecule has 3 heterocycles. The van der Waals surface area contributed by atoms with Crippen LogP contribution in [-0.4, -0.2) is 46.8 Å². The number of aromatic nitrogens is 2. The number of likely N-dealkylation sites (tertiary alicyclic amines) is 1. The Hall–Kier alpha value is -2.70. The number of rotatable bonds is 3.